The number of halogens is 3. The summed E-state index contributed by atoms with van der Waals surface area (Å²) in [5.74, 6) is -0.433. The highest BCUT2D eigenvalue weighted by atomic mass is 19.4. The molecule has 0 saturated carbocycles. The van der Waals surface area contributed by atoms with Gasteiger partial charge < -0.3 is 4.90 Å². The lowest BCUT2D eigenvalue weighted by atomic mass is 9.93. The maximum atomic E-state index is 12.3. The fourth-order valence-corrected chi connectivity index (χ4v) is 1.55. The van der Waals surface area contributed by atoms with Gasteiger partial charge in [-0.25, -0.2) is 0 Å². The third-order valence-electron chi connectivity index (χ3n) is 2.67. The van der Waals surface area contributed by atoms with Gasteiger partial charge in [-0.05, 0) is 20.3 Å². The predicted molar refractivity (Wildman–Crippen MR) is 54.7 cm³/mol. The van der Waals surface area contributed by atoms with E-state index >= 15 is 0 Å². The fraction of sp³-hybridized carbons (Fsp3) is 0.636. The zero-order valence-electron chi connectivity index (χ0n) is 9.64. The molecule has 6 heteroatoms. The van der Waals surface area contributed by atoms with Crippen LogP contribution < -0.4 is 0 Å². The van der Waals surface area contributed by atoms with Crippen LogP contribution >= 0.6 is 0 Å². The second-order valence-electron chi connectivity index (χ2n) is 4.47. The standard InChI is InChI=1S/C11H13F3N2O/c1-10(2,7-15)9(17)16-5-3-8(4-6-16)11(12,13)14/h3H,4-6H2,1-2H3. The topological polar surface area (TPSA) is 44.1 Å². The van der Waals surface area contributed by atoms with Crippen molar-refractivity contribution in [3.8, 4) is 6.07 Å². The lowest BCUT2D eigenvalue weighted by molar-refractivity contribution is -0.138. The van der Waals surface area contributed by atoms with E-state index < -0.39 is 23.1 Å². The van der Waals surface area contributed by atoms with Crippen molar-refractivity contribution in [3.05, 3.63) is 11.6 Å². The van der Waals surface area contributed by atoms with Crippen LogP contribution in [0.15, 0.2) is 11.6 Å². The molecule has 1 heterocycles. The number of rotatable bonds is 1. The van der Waals surface area contributed by atoms with Crippen LogP contribution in [-0.4, -0.2) is 30.1 Å². The highest BCUT2D eigenvalue weighted by molar-refractivity contribution is 5.84. The molecule has 1 aliphatic rings. The summed E-state index contributed by atoms with van der Waals surface area (Å²) < 4.78 is 37.0. The van der Waals surface area contributed by atoms with Crippen LogP contribution in [0.3, 0.4) is 0 Å². The minimum Gasteiger partial charge on any atom is -0.337 e. The summed E-state index contributed by atoms with van der Waals surface area (Å²) in [6, 6.07) is 1.85. The third-order valence-corrected chi connectivity index (χ3v) is 2.67. The Morgan fingerprint density at radius 2 is 2.06 bits per heavy atom. The van der Waals surface area contributed by atoms with Crippen molar-refractivity contribution in [1.29, 1.82) is 5.26 Å². The summed E-state index contributed by atoms with van der Waals surface area (Å²) in [6.07, 6.45) is -3.52. The van der Waals surface area contributed by atoms with Crippen LogP contribution in [0.25, 0.3) is 0 Å². The minimum atomic E-state index is -4.32. The molecule has 94 valence electrons. The first-order valence-electron chi connectivity index (χ1n) is 5.15. The maximum Gasteiger partial charge on any atom is 0.412 e. The Bertz CT molecular complexity index is 391. The van der Waals surface area contributed by atoms with Gasteiger partial charge in [0, 0.05) is 18.7 Å². The van der Waals surface area contributed by atoms with Gasteiger partial charge in [0.05, 0.1) is 6.07 Å². The molecule has 1 amide bonds. The van der Waals surface area contributed by atoms with E-state index in [0.717, 1.165) is 6.08 Å². The van der Waals surface area contributed by atoms with Crippen molar-refractivity contribution in [2.24, 2.45) is 5.41 Å². The molecule has 0 aromatic rings. The summed E-state index contributed by atoms with van der Waals surface area (Å²) in [7, 11) is 0. The molecule has 0 N–H and O–H groups in total. The molecular formula is C11H13F3N2O. The SMILES string of the molecule is CC(C)(C#N)C(=O)N1CC=C(C(F)(F)F)CC1. The van der Waals surface area contributed by atoms with Gasteiger partial charge in [-0.3, -0.25) is 4.79 Å². The van der Waals surface area contributed by atoms with Crippen molar-refractivity contribution in [3.63, 3.8) is 0 Å². The normalized spacial score (nSPS) is 17.4. The smallest absolute Gasteiger partial charge is 0.337 e. The summed E-state index contributed by atoms with van der Waals surface area (Å²) in [5.41, 5.74) is -1.79. The summed E-state index contributed by atoms with van der Waals surface area (Å²) in [6.45, 7) is 2.84. The Morgan fingerprint density at radius 1 is 1.47 bits per heavy atom. The Balaban J connectivity index is 2.75. The molecule has 0 bridgehead atoms. The minimum absolute atomic E-state index is 0.00921. The van der Waals surface area contributed by atoms with Gasteiger partial charge in [-0.2, -0.15) is 18.4 Å². The second-order valence-corrected chi connectivity index (χ2v) is 4.47. The van der Waals surface area contributed by atoms with Crippen LogP contribution in [-0.2, 0) is 4.79 Å². The average molecular weight is 246 g/mol. The van der Waals surface area contributed by atoms with Crippen LogP contribution in [0.5, 0.6) is 0 Å². The van der Waals surface area contributed by atoms with Gasteiger partial charge in [0.2, 0.25) is 5.91 Å². The predicted octanol–water partition coefficient (Wildman–Crippen LogP) is 2.26. The van der Waals surface area contributed by atoms with Gasteiger partial charge in [-0.1, -0.05) is 6.08 Å². The Labute approximate surface area is 97.5 Å². The molecule has 0 aliphatic carbocycles. The molecular weight excluding hydrogens is 233 g/mol. The van der Waals surface area contributed by atoms with Crippen LogP contribution in [0.1, 0.15) is 20.3 Å². The van der Waals surface area contributed by atoms with Gasteiger partial charge in [-0.15, -0.1) is 0 Å². The molecule has 3 nitrogen and oxygen atoms in total. The quantitative estimate of drug-likeness (QED) is 0.666. The lowest BCUT2D eigenvalue weighted by Gasteiger charge is -2.31. The van der Waals surface area contributed by atoms with Crippen LogP contribution in [0, 0.1) is 16.7 Å². The first kappa shape index (κ1) is 13.6. The number of nitriles is 1. The third kappa shape index (κ3) is 2.99. The fourth-order valence-electron chi connectivity index (χ4n) is 1.55. The Morgan fingerprint density at radius 3 is 2.41 bits per heavy atom. The van der Waals surface area contributed by atoms with Crippen molar-refractivity contribution in [1.82, 2.24) is 4.90 Å². The molecule has 17 heavy (non-hydrogen) atoms. The number of hydrogen-bond acceptors (Lipinski definition) is 2. The van der Waals surface area contributed by atoms with E-state index in [-0.39, 0.29) is 19.5 Å². The molecule has 0 aromatic heterocycles. The van der Waals surface area contributed by atoms with E-state index in [4.69, 9.17) is 5.26 Å². The number of carbonyl (C=O) groups is 1. The maximum absolute atomic E-state index is 12.3. The summed E-state index contributed by atoms with van der Waals surface area (Å²) in [4.78, 5) is 13.1. The molecule has 0 atom stereocenters. The highest BCUT2D eigenvalue weighted by Gasteiger charge is 2.38. The van der Waals surface area contributed by atoms with E-state index in [1.54, 1.807) is 0 Å². The van der Waals surface area contributed by atoms with Crippen molar-refractivity contribution in [2.75, 3.05) is 13.1 Å². The molecule has 0 fully saturated rings. The molecule has 0 unspecified atom stereocenters. The van der Waals surface area contributed by atoms with Crippen molar-refractivity contribution < 1.29 is 18.0 Å². The lowest BCUT2D eigenvalue weighted by Crippen LogP contribution is -2.43. The van der Waals surface area contributed by atoms with Crippen LogP contribution in [0.2, 0.25) is 0 Å². The molecule has 1 aliphatic heterocycles. The Hall–Kier alpha value is -1.51. The highest BCUT2D eigenvalue weighted by Crippen LogP contribution is 2.31. The molecule has 0 radical (unpaired) electrons. The Kier molecular flexibility index (Phi) is 3.51. The molecule has 1 rings (SSSR count). The van der Waals surface area contributed by atoms with E-state index in [0.29, 0.717) is 0 Å². The van der Waals surface area contributed by atoms with E-state index in [1.165, 1.54) is 18.7 Å². The van der Waals surface area contributed by atoms with Crippen molar-refractivity contribution in [2.45, 2.75) is 26.4 Å². The monoisotopic (exact) mass is 246 g/mol. The van der Waals surface area contributed by atoms with E-state index in [1.807, 2.05) is 6.07 Å². The average Bonchev–Trinajstić information content (AvgIpc) is 2.27. The number of alkyl halides is 3. The summed E-state index contributed by atoms with van der Waals surface area (Å²) >= 11 is 0. The number of nitrogens with zero attached hydrogens (tertiary/aromatic N) is 2. The van der Waals surface area contributed by atoms with Gasteiger partial charge in [0.1, 0.15) is 5.41 Å². The van der Waals surface area contributed by atoms with Crippen molar-refractivity contribution >= 4 is 5.91 Å². The molecule has 0 saturated heterocycles. The zero-order valence-corrected chi connectivity index (χ0v) is 9.64. The second kappa shape index (κ2) is 4.40. The number of carbonyl (C=O) groups excluding carboxylic acids is 1. The van der Waals surface area contributed by atoms with E-state index in [9.17, 15) is 18.0 Å². The number of amides is 1. The number of hydrogen-bond donors (Lipinski definition) is 0. The van der Waals surface area contributed by atoms with Gasteiger partial charge in [0.15, 0.2) is 0 Å². The van der Waals surface area contributed by atoms with Gasteiger partial charge >= 0.3 is 6.18 Å². The first-order chi connectivity index (χ1) is 7.68. The largest absolute Gasteiger partial charge is 0.412 e. The molecule has 0 spiro atoms. The summed E-state index contributed by atoms with van der Waals surface area (Å²) in [5, 5.41) is 8.78. The molecule has 0 aromatic carbocycles. The van der Waals surface area contributed by atoms with Crippen LogP contribution in [0.4, 0.5) is 13.2 Å². The zero-order chi connectivity index (χ0) is 13.3. The first-order valence-corrected chi connectivity index (χ1v) is 5.15. The van der Waals surface area contributed by atoms with Gasteiger partial charge in [0.25, 0.3) is 0 Å². The van der Waals surface area contributed by atoms with E-state index in [2.05, 4.69) is 0 Å².